The number of guanidine groups is 1. The topological polar surface area (TPSA) is 139 Å². The van der Waals surface area contributed by atoms with E-state index in [-0.39, 0.29) is 11.5 Å². The number of aliphatic imine (C=N–C) groups is 1. The average molecular weight is 343 g/mol. The fourth-order valence-corrected chi connectivity index (χ4v) is 1.71. The van der Waals surface area contributed by atoms with Gasteiger partial charge in [-0.1, -0.05) is 24.3 Å². The fourth-order valence-electron chi connectivity index (χ4n) is 1.71. The van der Waals surface area contributed by atoms with Crippen LogP contribution in [-0.2, 0) is 4.79 Å². The Bertz CT molecular complexity index is 799. The molecular formula is C14H12F3N3O4. The van der Waals surface area contributed by atoms with Crippen LogP contribution >= 0.6 is 0 Å². The second-order valence-corrected chi connectivity index (χ2v) is 4.32. The minimum absolute atomic E-state index is 0.0572. The van der Waals surface area contributed by atoms with Crippen molar-refractivity contribution in [3.8, 4) is 0 Å². The molecule has 0 aromatic heterocycles. The Morgan fingerprint density at radius 1 is 0.958 bits per heavy atom. The molecule has 0 fully saturated rings. The van der Waals surface area contributed by atoms with Crippen molar-refractivity contribution >= 4 is 34.4 Å². The van der Waals surface area contributed by atoms with Gasteiger partial charge in [0, 0.05) is 5.39 Å². The molecule has 2 aromatic rings. The lowest BCUT2D eigenvalue weighted by Gasteiger charge is -2.05. The molecule has 2 aromatic carbocycles. The number of benzene rings is 2. The molecule has 24 heavy (non-hydrogen) atoms. The molecule has 2 rings (SSSR count). The van der Waals surface area contributed by atoms with Gasteiger partial charge < -0.3 is 21.7 Å². The van der Waals surface area contributed by atoms with Crippen LogP contribution < -0.4 is 11.5 Å². The summed E-state index contributed by atoms with van der Waals surface area (Å²) in [5.74, 6) is -3.79. The number of carbonyl (C=O) groups is 2. The molecule has 0 heterocycles. The maximum atomic E-state index is 11.1. The number of nitrogens with zero attached hydrogens (tertiary/aromatic N) is 1. The van der Waals surface area contributed by atoms with Crippen molar-refractivity contribution in [1.82, 2.24) is 0 Å². The summed E-state index contributed by atoms with van der Waals surface area (Å²) in [6.07, 6.45) is -5.08. The van der Waals surface area contributed by atoms with Crippen molar-refractivity contribution < 1.29 is 33.0 Å². The molecule has 7 nitrogen and oxygen atoms in total. The molecule has 0 atom stereocenters. The molecule has 0 aliphatic heterocycles. The summed E-state index contributed by atoms with van der Waals surface area (Å²) in [5.41, 5.74) is 11.4. The second-order valence-electron chi connectivity index (χ2n) is 4.32. The quantitative estimate of drug-likeness (QED) is 0.486. The van der Waals surface area contributed by atoms with Gasteiger partial charge in [0.15, 0.2) is 5.96 Å². The van der Waals surface area contributed by atoms with Crippen molar-refractivity contribution in [2.24, 2.45) is 16.5 Å². The van der Waals surface area contributed by atoms with E-state index in [1.165, 1.54) is 6.07 Å². The van der Waals surface area contributed by atoms with Crippen molar-refractivity contribution in [3.05, 3.63) is 42.0 Å². The number of alkyl halides is 3. The summed E-state index contributed by atoms with van der Waals surface area (Å²) in [7, 11) is 0. The van der Waals surface area contributed by atoms with Gasteiger partial charge in [-0.3, -0.25) is 0 Å². The van der Waals surface area contributed by atoms with Crippen LogP contribution in [-0.4, -0.2) is 34.3 Å². The highest BCUT2D eigenvalue weighted by Gasteiger charge is 2.38. The van der Waals surface area contributed by atoms with Crippen molar-refractivity contribution in [2.75, 3.05) is 0 Å². The lowest BCUT2D eigenvalue weighted by Crippen LogP contribution is -2.21. The molecular weight excluding hydrogens is 331 g/mol. The maximum absolute atomic E-state index is 11.1. The van der Waals surface area contributed by atoms with Gasteiger partial charge >= 0.3 is 18.1 Å². The Morgan fingerprint density at radius 2 is 1.46 bits per heavy atom. The Balaban J connectivity index is 0.000000351. The zero-order chi connectivity index (χ0) is 18.5. The van der Waals surface area contributed by atoms with Crippen LogP contribution in [0.5, 0.6) is 0 Å². The van der Waals surface area contributed by atoms with Gasteiger partial charge in [0.05, 0.1) is 11.3 Å². The molecule has 0 saturated heterocycles. The smallest absolute Gasteiger partial charge is 0.478 e. The van der Waals surface area contributed by atoms with E-state index < -0.39 is 18.1 Å². The van der Waals surface area contributed by atoms with Crippen LogP contribution in [0.25, 0.3) is 10.8 Å². The summed E-state index contributed by atoms with van der Waals surface area (Å²) < 4.78 is 31.7. The molecule has 6 N–H and O–H groups in total. The molecule has 128 valence electrons. The van der Waals surface area contributed by atoms with Crippen LogP contribution in [0.15, 0.2) is 41.4 Å². The van der Waals surface area contributed by atoms with Crippen LogP contribution in [0.1, 0.15) is 10.4 Å². The molecule has 0 aliphatic carbocycles. The largest absolute Gasteiger partial charge is 0.490 e. The van der Waals surface area contributed by atoms with Gasteiger partial charge in [0.2, 0.25) is 0 Å². The third-order valence-corrected chi connectivity index (χ3v) is 2.62. The Hall–Kier alpha value is -3.30. The zero-order valence-corrected chi connectivity index (χ0v) is 11.9. The van der Waals surface area contributed by atoms with Crippen molar-refractivity contribution in [3.63, 3.8) is 0 Å². The van der Waals surface area contributed by atoms with Crippen molar-refractivity contribution in [2.45, 2.75) is 6.18 Å². The Labute approximate surface area is 133 Å². The third kappa shape index (κ3) is 4.87. The molecule has 0 unspecified atom stereocenters. The molecule has 0 spiro atoms. The molecule has 0 radical (unpaired) electrons. The van der Waals surface area contributed by atoms with E-state index in [0.717, 1.165) is 0 Å². The van der Waals surface area contributed by atoms with E-state index in [9.17, 15) is 18.0 Å². The van der Waals surface area contributed by atoms with E-state index >= 15 is 0 Å². The van der Waals surface area contributed by atoms with E-state index in [2.05, 4.69) is 4.99 Å². The Morgan fingerprint density at radius 3 is 1.88 bits per heavy atom. The van der Waals surface area contributed by atoms with Gasteiger partial charge in [0.1, 0.15) is 0 Å². The first-order chi connectivity index (χ1) is 11.0. The van der Waals surface area contributed by atoms with E-state index in [1.54, 1.807) is 30.3 Å². The number of halogens is 3. The minimum atomic E-state index is -5.08. The van der Waals surface area contributed by atoms with Crippen LogP contribution in [0.2, 0.25) is 0 Å². The average Bonchev–Trinajstić information content (AvgIpc) is 2.46. The van der Waals surface area contributed by atoms with Crippen LogP contribution in [0.4, 0.5) is 18.9 Å². The number of carboxylic acid groups (broad SMARTS) is 2. The minimum Gasteiger partial charge on any atom is -0.478 e. The number of rotatable bonds is 2. The molecule has 0 aliphatic rings. The summed E-state index contributed by atoms with van der Waals surface area (Å²) >= 11 is 0. The normalized spacial score (nSPS) is 10.5. The summed E-state index contributed by atoms with van der Waals surface area (Å²) in [6.45, 7) is 0. The van der Waals surface area contributed by atoms with E-state index in [1.807, 2.05) is 0 Å². The monoisotopic (exact) mass is 343 g/mol. The number of carboxylic acids is 2. The second kappa shape index (κ2) is 7.31. The highest BCUT2D eigenvalue weighted by molar-refractivity contribution is 6.07. The highest BCUT2D eigenvalue weighted by atomic mass is 19.4. The first-order valence-corrected chi connectivity index (χ1v) is 6.19. The summed E-state index contributed by atoms with van der Waals surface area (Å²) in [6, 6.07) is 10.2. The predicted octanol–water partition coefficient (Wildman–Crippen LogP) is 2.08. The van der Waals surface area contributed by atoms with Crippen LogP contribution in [0.3, 0.4) is 0 Å². The SMILES string of the molecule is NC(N)=Nc1ccc(C(=O)O)c2ccccc12.O=C(O)C(F)(F)F. The predicted molar refractivity (Wildman–Crippen MR) is 80.1 cm³/mol. The molecule has 10 heteroatoms. The number of nitrogens with two attached hydrogens (primary N) is 2. The zero-order valence-electron chi connectivity index (χ0n) is 11.9. The van der Waals surface area contributed by atoms with Gasteiger partial charge in [-0.2, -0.15) is 13.2 Å². The van der Waals surface area contributed by atoms with Gasteiger partial charge in [-0.25, -0.2) is 14.6 Å². The van der Waals surface area contributed by atoms with E-state index in [0.29, 0.717) is 16.5 Å². The van der Waals surface area contributed by atoms with Gasteiger partial charge in [-0.05, 0) is 17.5 Å². The third-order valence-electron chi connectivity index (χ3n) is 2.62. The van der Waals surface area contributed by atoms with E-state index in [4.69, 9.17) is 26.5 Å². The molecule has 0 bridgehead atoms. The maximum Gasteiger partial charge on any atom is 0.490 e. The molecule has 0 saturated carbocycles. The number of aliphatic carboxylic acids is 1. The number of hydrogen-bond donors (Lipinski definition) is 4. The molecule has 0 amide bonds. The number of fused-ring (bicyclic) bond motifs is 1. The number of aromatic carboxylic acids is 1. The number of hydrogen-bond acceptors (Lipinski definition) is 3. The Kier molecular flexibility index (Phi) is 5.71. The highest BCUT2D eigenvalue weighted by Crippen LogP contribution is 2.28. The fraction of sp³-hybridized carbons (Fsp3) is 0.0714. The summed E-state index contributed by atoms with van der Waals surface area (Å²) in [5, 5.41) is 17.5. The van der Waals surface area contributed by atoms with Gasteiger partial charge in [0.25, 0.3) is 0 Å². The standard InChI is InChI=1S/C12H11N3O2.C2HF3O2/c13-12(14)15-10-6-5-9(11(16)17)7-3-1-2-4-8(7)10;3-2(4,5)1(6)7/h1-6H,(H,16,17)(H4,13,14,15);(H,6,7). The van der Waals surface area contributed by atoms with Crippen molar-refractivity contribution in [1.29, 1.82) is 0 Å². The van der Waals surface area contributed by atoms with Gasteiger partial charge in [-0.15, -0.1) is 0 Å². The van der Waals surface area contributed by atoms with Crippen LogP contribution in [0, 0.1) is 0 Å². The lowest BCUT2D eigenvalue weighted by molar-refractivity contribution is -0.192. The summed E-state index contributed by atoms with van der Waals surface area (Å²) in [4.78, 5) is 23.9. The first-order valence-electron chi connectivity index (χ1n) is 6.19. The lowest BCUT2D eigenvalue weighted by atomic mass is 10.0. The first kappa shape index (κ1) is 18.7.